The molecule has 15 heavy (non-hydrogen) atoms. The molecular weight excluding hydrogens is 222 g/mol. The van der Waals surface area contributed by atoms with E-state index in [-0.39, 0.29) is 0 Å². The largest absolute Gasteiger partial charge is 0.417 e. The molecule has 0 aromatic heterocycles. The topological polar surface area (TPSA) is 0 Å². The summed E-state index contributed by atoms with van der Waals surface area (Å²) in [4.78, 5) is 0. The summed E-state index contributed by atoms with van der Waals surface area (Å²) in [6.45, 7) is 0. The van der Waals surface area contributed by atoms with Gasteiger partial charge in [-0.05, 0) is 6.07 Å². The Labute approximate surface area is 80.8 Å². The van der Waals surface area contributed by atoms with Crippen molar-refractivity contribution in [1.29, 1.82) is 0 Å². The average Bonchev–Trinajstić information content (AvgIpc) is 2.15. The van der Waals surface area contributed by atoms with E-state index < -0.39 is 29.2 Å². The summed E-state index contributed by atoms with van der Waals surface area (Å²) in [7, 11) is 0. The Morgan fingerprint density at radius 1 is 0.933 bits per heavy atom. The van der Waals surface area contributed by atoms with Gasteiger partial charge in [0.2, 0.25) is 0 Å². The number of hydrogen-bond donors (Lipinski definition) is 0. The van der Waals surface area contributed by atoms with Crippen molar-refractivity contribution in [2.24, 2.45) is 0 Å². The third kappa shape index (κ3) is 2.51. The Bertz CT molecular complexity index is 386. The molecule has 0 unspecified atom stereocenters. The van der Waals surface area contributed by atoms with Gasteiger partial charge in [-0.25, -0.2) is 4.39 Å². The van der Waals surface area contributed by atoms with Crippen molar-refractivity contribution >= 4 is 5.83 Å². The van der Waals surface area contributed by atoms with Gasteiger partial charge in [0, 0.05) is 5.56 Å². The van der Waals surface area contributed by atoms with Gasteiger partial charge >= 0.3 is 12.3 Å². The van der Waals surface area contributed by atoms with Gasteiger partial charge in [0.1, 0.15) is 0 Å². The second-order valence-electron chi connectivity index (χ2n) is 2.62. The molecule has 1 aromatic carbocycles. The van der Waals surface area contributed by atoms with Crippen molar-refractivity contribution in [3.63, 3.8) is 0 Å². The minimum absolute atomic E-state index is 0.540. The fourth-order valence-electron chi connectivity index (χ4n) is 1.02. The van der Waals surface area contributed by atoms with Crippen LogP contribution in [-0.4, -0.2) is 0 Å². The minimum Gasteiger partial charge on any atom is -0.200 e. The summed E-state index contributed by atoms with van der Waals surface area (Å²) in [5.41, 5.74) is -2.57. The van der Waals surface area contributed by atoms with Gasteiger partial charge < -0.3 is 0 Å². The number of benzene rings is 1. The van der Waals surface area contributed by atoms with E-state index >= 15 is 0 Å². The van der Waals surface area contributed by atoms with Crippen molar-refractivity contribution in [3.8, 4) is 0 Å². The molecule has 1 aromatic rings. The molecule has 0 saturated carbocycles. The van der Waals surface area contributed by atoms with Gasteiger partial charge in [-0.1, -0.05) is 18.2 Å². The van der Waals surface area contributed by atoms with E-state index in [9.17, 15) is 26.3 Å². The maximum atomic E-state index is 12.7. The molecule has 0 atom stereocenters. The summed E-state index contributed by atoms with van der Waals surface area (Å²) in [5.74, 6) is -2.15. The number of halogens is 6. The van der Waals surface area contributed by atoms with Crippen molar-refractivity contribution in [3.05, 3.63) is 41.5 Å². The fourth-order valence-corrected chi connectivity index (χ4v) is 1.02. The minimum atomic E-state index is -4.86. The molecule has 0 amide bonds. The molecule has 0 radical (unpaired) electrons. The third-order valence-corrected chi connectivity index (χ3v) is 1.63. The molecule has 0 fully saturated rings. The van der Waals surface area contributed by atoms with Crippen LogP contribution in [0, 0.1) is 0 Å². The van der Waals surface area contributed by atoms with Gasteiger partial charge in [-0.2, -0.15) is 22.0 Å². The molecule has 0 bridgehead atoms. The molecule has 6 heteroatoms. The van der Waals surface area contributed by atoms with E-state index in [0.717, 1.165) is 12.1 Å². The van der Waals surface area contributed by atoms with Crippen LogP contribution in [0.1, 0.15) is 11.1 Å². The highest BCUT2D eigenvalue weighted by atomic mass is 19.4. The molecule has 1 rings (SSSR count). The molecule has 0 nitrogen and oxygen atoms in total. The zero-order valence-corrected chi connectivity index (χ0v) is 7.08. The van der Waals surface area contributed by atoms with Gasteiger partial charge in [-0.3, -0.25) is 0 Å². The predicted molar refractivity (Wildman–Crippen MR) is 41.7 cm³/mol. The Morgan fingerprint density at radius 3 is 1.93 bits per heavy atom. The molecular formula is C9H4F6. The second-order valence-corrected chi connectivity index (χ2v) is 2.62. The third-order valence-electron chi connectivity index (χ3n) is 1.63. The normalized spacial score (nSPS) is 11.3. The quantitative estimate of drug-likeness (QED) is 0.628. The summed E-state index contributed by atoms with van der Waals surface area (Å²) in [6, 6.07) is 3.23. The lowest BCUT2D eigenvalue weighted by molar-refractivity contribution is -0.137. The highest BCUT2D eigenvalue weighted by Gasteiger charge is 2.34. The molecule has 0 N–H and O–H groups in total. The monoisotopic (exact) mass is 226 g/mol. The first-order valence-electron chi connectivity index (χ1n) is 3.71. The van der Waals surface area contributed by atoms with E-state index in [2.05, 4.69) is 0 Å². The van der Waals surface area contributed by atoms with E-state index in [0.29, 0.717) is 12.1 Å². The Kier molecular flexibility index (Phi) is 3.06. The van der Waals surface area contributed by atoms with Crippen LogP contribution < -0.4 is 0 Å². The van der Waals surface area contributed by atoms with E-state index in [1.165, 1.54) is 0 Å². The van der Waals surface area contributed by atoms with Crippen LogP contribution in [0.3, 0.4) is 0 Å². The summed E-state index contributed by atoms with van der Waals surface area (Å²) >= 11 is 0. The van der Waals surface area contributed by atoms with Gasteiger partial charge in [0.05, 0.1) is 5.56 Å². The lowest BCUT2D eigenvalue weighted by Crippen LogP contribution is -2.08. The second kappa shape index (κ2) is 3.96. The van der Waals surface area contributed by atoms with Crippen LogP contribution >= 0.6 is 0 Å². The highest BCUT2D eigenvalue weighted by molar-refractivity contribution is 5.63. The first-order chi connectivity index (χ1) is 6.84. The SMILES string of the molecule is FC(F)=C(F)c1ccccc1C(F)(F)F. The van der Waals surface area contributed by atoms with E-state index in [1.807, 2.05) is 0 Å². The Balaban J connectivity index is 3.38. The first-order valence-corrected chi connectivity index (χ1v) is 3.71. The van der Waals surface area contributed by atoms with Crippen LogP contribution in [0.15, 0.2) is 30.3 Å². The van der Waals surface area contributed by atoms with Crippen molar-refractivity contribution in [1.82, 2.24) is 0 Å². The van der Waals surface area contributed by atoms with E-state index in [1.54, 1.807) is 0 Å². The smallest absolute Gasteiger partial charge is 0.200 e. The van der Waals surface area contributed by atoms with Crippen molar-refractivity contribution < 1.29 is 26.3 Å². The predicted octanol–water partition coefficient (Wildman–Crippen LogP) is 4.24. The molecule has 82 valence electrons. The molecule has 0 spiro atoms. The van der Waals surface area contributed by atoms with Crippen LogP contribution in [0.2, 0.25) is 0 Å². The Morgan fingerprint density at radius 2 is 1.47 bits per heavy atom. The maximum absolute atomic E-state index is 12.7. The Hall–Kier alpha value is -1.46. The van der Waals surface area contributed by atoms with Crippen LogP contribution in [0.5, 0.6) is 0 Å². The van der Waals surface area contributed by atoms with E-state index in [4.69, 9.17) is 0 Å². The fraction of sp³-hybridized carbons (Fsp3) is 0.111. The maximum Gasteiger partial charge on any atom is 0.417 e. The number of hydrogen-bond acceptors (Lipinski definition) is 0. The van der Waals surface area contributed by atoms with Crippen molar-refractivity contribution in [2.75, 3.05) is 0 Å². The van der Waals surface area contributed by atoms with Crippen LogP contribution in [-0.2, 0) is 6.18 Å². The van der Waals surface area contributed by atoms with Gasteiger partial charge in [0.25, 0.3) is 0 Å². The summed E-state index contributed by atoms with van der Waals surface area (Å²) in [5, 5.41) is 0. The molecule has 0 saturated heterocycles. The molecule has 0 aliphatic rings. The van der Waals surface area contributed by atoms with Gasteiger partial charge in [-0.15, -0.1) is 0 Å². The lowest BCUT2D eigenvalue weighted by atomic mass is 10.1. The lowest BCUT2D eigenvalue weighted by Gasteiger charge is -2.10. The van der Waals surface area contributed by atoms with Gasteiger partial charge in [0.15, 0.2) is 5.83 Å². The van der Waals surface area contributed by atoms with Crippen LogP contribution in [0.25, 0.3) is 5.83 Å². The molecule has 0 heterocycles. The zero-order valence-electron chi connectivity index (χ0n) is 7.08. The number of rotatable bonds is 1. The standard InChI is InChI=1S/C9H4F6/c10-7(8(11)12)5-3-1-2-4-6(5)9(13,14)15/h1-4H. The molecule has 0 aliphatic carbocycles. The number of alkyl halides is 3. The highest BCUT2D eigenvalue weighted by Crippen LogP contribution is 2.36. The van der Waals surface area contributed by atoms with Crippen molar-refractivity contribution in [2.45, 2.75) is 6.18 Å². The summed E-state index contributed by atoms with van der Waals surface area (Å²) < 4.78 is 73.0. The summed E-state index contributed by atoms with van der Waals surface area (Å²) in [6.07, 6.45) is -7.63. The first kappa shape index (κ1) is 11.6. The van der Waals surface area contributed by atoms with Crippen LogP contribution in [0.4, 0.5) is 26.3 Å². The molecule has 0 aliphatic heterocycles. The zero-order chi connectivity index (χ0) is 11.6. The average molecular weight is 226 g/mol.